The quantitative estimate of drug-likeness (QED) is 0.778. The zero-order chi connectivity index (χ0) is 17.3. The highest BCUT2D eigenvalue weighted by Crippen LogP contribution is 2.38. The normalized spacial score (nSPS) is 21.6. The molecule has 3 nitrogen and oxygen atoms in total. The van der Waals surface area contributed by atoms with Crippen molar-refractivity contribution in [3.8, 4) is 11.1 Å². The highest BCUT2D eigenvalue weighted by Gasteiger charge is 2.23. The Hall–Kier alpha value is -1.65. The predicted molar refractivity (Wildman–Crippen MR) is 96.8 cm³/mol. The number of hydrogen-bond acceptors (Lipinski definition) is 2. The molecule has 24 heavy (non-hydrogen) atoms. The van der Waals surface area contributed by atoms with Gasteiger partial charge in [-0.3, -0.25) is 4.55 Å². The first-order valence-electron chi connectivity index (χ1n) is 8.53. The molecule has 1 aliphatic rings. The molecule has 1 N–H and O–H groups in total. The highest BCUT2D eigenvalue weighted by atomic mass is 32.2. The Morgan fingerprint density at radius 1 is 0.958 bits per heavy atom. The lowest BCUT2D eigenvalue weighted by Gasteiger charge is -2.27. The lowest BCUT2D eigenvalue weighted by atomic mass is 9.79. The Morgan fingerprint density at radius 2 is 1.58 bits per heavy atom. The fourth-order valence-corrected chi connectivity index (χ4v) is 4.32. The maximum absolute atomic E-state index is 11.9. The van der Waals surface area contributed by atoms with E-state index in [1.807, 2.05) is 43.3 Å². The molecule has 0 radical (unpaired) electrons. The van der Waals surface area contributed by atoms with E-state index in [9.17, 15) is 13.0 Å². The summed E-state index contributed by atoms with van der Waals surface area (Å²) in [5.74, 6) is 1.13. The van der Waals surface area contributed by atoms with Gasteiger partial charge in [-0.1, -0.05) is 61.7 Å². The van der Waals surface area contributed by atoms with Gasteiger partial charge in [-0.2, -0.15) is 8.42 Å². The van der Waals surface area contributed by atoms with Crippen LogP contribution in [0.5, 0.6) is 0 Å². The molecule has 0 bridgehead atoms. The predicted octanol–water partition coefficient (Wildman–Crippen LogP) is 5.20. The fourth-order valence-electron chi connectivity index (χ4n) is 3.57. The first-order valence-corrected chi connectivity index (χ1v) is 9.97. The molecule has 1 aliphatic carbocycles. The zero-order valence-electron chi connectivity index (χ0n) is 14.2. The SMILES string of the molecule is Cc1ccc(-c2ccc(C3CCC(C)CC3)cc2S(=O)(=O)O)cc1. The van der Waals surface area contributed by atoms with Crippen molar-refractivity contribution >= 4 is 10.1 Å². The molecule has 0 aromatic heterocycles. The van der Waals surface area contributed by atoms with Crippen molar-refractivity contribution in [1.29, 1.82) is 0 Å². The van der Waals surface area contributed by atoms with Crippen LogP contribution in [0.2, 0.25) is 0 Å². The van der Waals surface area contributed by atoms with E-state index in [2.05, 4.69) is 6.92 Å². The monoisotopic (exact) mass is 344 g/mol. The lowest BCUT2D eigenvalue weighted by Crippen LogP contribution is -2.12. The van der Waals surface area contributed by atoms with Gasteiger partial charge < -0.3 is 0 Å². The van der Waals surface area contributed by atoms with E-state index in [4.69, 9.17) is 0 Å². The third kappa shape index (κ3) is 3.70. The van der Waals surface area contributed by atoms with Crippen LogP contribution in [0.25, 0.3) is 11.1 Å². The summed E-state index contributed by atoms with van der Waals surface area (Å²) >= 11 is 0. The Bertz CT molecular complexity index is 814. The fraction of sp³-hybridized carbons (Fsp3) is 0.400. The van der Waals surface area contributed by atoms with E-state index in [0.29, 0.717) is 11.5 Å². The molecule has 2 aromatic rings. The van der Waals surface area contributed by atoms with Gasteiger partial charge in [-0.05, 0) is 48.8 Å². The van der Waals surface area contributed by atoms with Gasteiger partial charge in [-0.25, -0.2) is 0 Å². The summed E-state index contributed by atoms with van der Waals surface area (Å²) in [6.45, 7) is 4.25. The first-order chi connectivity index (χ1) is 11.3. The smallest absolute Gasteiger partial charge is 0.282 e. The van der Waals surface area contributed by atoms with Crippen LogP contribution in [0.4, 0.5) is 0 Å². The molecule has 0 spiro atoms. The van der Waals surface area contributed by atoms with E-state index in [1.165, 1.54) is 12.8 Å². The third-order valence-electron chi connectivity index (χ3n) is 5.13. The summed E-state index contributed by atoms with van der Waals surface area (Å²) in [6, 6.07) is 13.2. The van der Waals surface area contributed by atoms with Crippen LogP contribution in [0.1, 0.15) is 49.7 Å². The molecule has 1 fully saturated rings. The number of rotatable bonds is 3. The molecule has 4 heteroatoms. The maximum atomic E-state index is 11.9. The summed E-state index contributed by atoms with van der Waals surface area (Å²) in [5, 5.41) is 0. The first kappa shape index (κ1) is 17.2. The van der Waals surface area contributed by atoms with Crippen molar-refractivity contribution in [3.63, 3.8) is 0 Å². The van der Waals surface area contributed by atoms with Crippen molar-refractivity contribution in [1.82, 2.24) is 0 Å². The standard InChI is InChI=1S/C20H24O3S/c1-14-3-7-16(8-4-14)18-11-12-19(20(13-18)24(21,22)23)17-9-5-15(2)6-10-17/h5-6,9-14,16H,3-4,7-8H2,1-2H3,(H,21,22,23). The van der Waals surface area contributed by atoms with Gasteiger partial charge in [0.15, 0.2) is 0 Å². The topological polar surface area (TPSA) is 54.4 Å². The van der Waals surface area contributed by atoms with Crippen LogP contribution in [-0.4, -0.2) is 13.0 Å². The Morgan fingerprint density at radius 3 is 2.17 bits per heavy atom. The van der Waals surface area contributed by atoms with Gasteiger partial charge in [-0.15, -0.1) is 0 Å². The second-order valence-corrected chi connectivity index (χ2v) is 8.44. The van der Waals surface area contributed by atoms with Crippen molar-refractivity contribution in [2.45, 2.75) is 50.3 Å². The molecule has 0 heterocycles. The summed E-state index contributed by atoms with van der Waals surface area (Å²) in [4.78, 5) is 0.0162. The van der Waals surface area contributed by atoms with Crippen LogP contribution in [0.15, 0.2) is 47.4 Å². The molecule has 128 valence electrons. The molecule has 1 saturated carbocycles. The van der Waals surface area contributed by atoms with Crippen LogP contribution in [0.3, 0.4) is 0 Å². The van der Waals surface area contributed by atoms with Crippen LogP contribution < -0.4 is 0 Å². The summed E-state index contributed by atoms with van der Waals surface area (Å²) in [5.41, 5.74) is 3.49. The van der Waals surface area contributed by atoms with E-state index in [-0.39, 0.29) is 4.90 Å². The van der Waals surface area contributed by atoms with E-state index in [0.717, 1.165) is 35.4 Å². The average Bonchev–Trinajstić information content (AvgIpc) is 2.55. The molecule has 0 amide bonds. The van der Waals surface area contributed by atoms with Crippen LogP contribution >= 0.6 is 0 Å². The molecular formula is C20H24O3S. The van der Waals surface area contributed by atoms with Crippen molar-refractivity contribution in [2.24, 2.45) is 5.92 Å². The highest BCUT2D eigenvalue weighted by molar-refractivity contribution is 7.86. The molecular weight excluding hydrogens is 320 g/mol. The van der Waals surface area contributed by atoms with E-state index >= 15 is 0 Å². The van der Waals surface area contributed by atoms with E-state index in [1.54, 1.807) is 6.07 Å². The Labute approximate surface area is 144 Å². The lowest BCUT2D eigenvalue weighted by molar-refractivity contribution is 0.347. The van der Waals surface area contributed by atoms with E-state index < -0.39 is 10.1 Å². The van der Waals surface area contributed by atoms with Gasteiger partial charge in [0.05, 0.1) is 0 Å². The van der Waals surface area contributed by atoms with Gasteiger partial charge in [0.1, 0.15) is 4.90 Å². The van der Waals surface area contributed by atoms with Crippen molar-refractivity contribution in [3.05, 3.63) is 53.6 Å². The minimum absolute atomic E-state index is 0.0162. The molecule has 0 saturated heterocycles. The average molecular weight is 344 g/mol. The number of aryl methyl sites for hydroxylation is 1. The van der Waals surface area contributed by atoms with Crippen molar-refractivity contribution < 1.29 is 13.0 Å². The zero-order valence-corrected chi connectivity index (χ0v) is 15.0. The minimum Gasteiger partial charge on any atom is -0.282 e. The Kier molecular flexibility index (Phi) is 4.79. The second-order valence-electron chi connectivity index (χ2n) is 7.05. The molecule has 0 unspecified atom stereocenters. The van der Waals surface area contributed by atoms with Crippen LogP contribution in [-0.2, 0) is 10.1 Å². The second kappa shape index (κ2) is 6.69. The van der Waals surface area contributed by atoms with Crippen molar-refractivity contribution in [2.75, 3.05) is 0 Å². The molecule has 0 aliphatic heterocycles. The molecule has 2 aromatic carbocycles. The van der Waals surface area contributed by atoms with Gasteiger partial charge in [0.25, 0.3) is 10.1 Å². The van der Waals surface area contributed by atoms with Gasteiger partial charge >= 0.3 is 0 Å². The number of hydrogen-bond donors (Lipinski definition) is 1. The third-order valence-corrected chi connectivity index (χ3v) is 6.03. The minimum atomic E-state index is -4.26. The van der Waals surface area contributed by atoms with Crippen LogP contribution in [0, 0.1) is 12.8 Å². The molecule has 0 atom stereocenters. The number of benzene rings is 2. The maximum Gasteiger partial charge on any atom is 0.295 e. The summed E-state index contributed by atoms with van der Waals surface area (Å²) in [6.07, 6.45) is 4.50. The van der Waals surface area contributed by atoms with Gasteiger partial charge in [0.2, 0.25) is 0 Å². The molecule has 3 rings (SSSR count). The summed E-state index contributed by atoms with van der Waals surface area (Å²) in [7, 11) is -4.26. The largest absolute Gasteiger partial charge is 0.295 e. The van der Waals surface area contributed by atoms with Gasteiger partial charge in [0, 0.05) is 5.56 Å². The summed E-state index contributed by atoms with van der Waals surface area (Å²) < 4.78 is 33.6. The Balaban J connectivity index is 2.03.